The van der Waals surface area contributed by atoms with Crippen molar-refractivity contribution >= 4 is 27.5 Å². The Bertz CT molecular complexity index is 432. The number of pyridine rings is 1. The number of halogens is 1. The number of amides is 1. The summed E-state index contributed by atoms with van der Waals surface area (Å²) in [5.41, 5.74) is 0.734. The van der Waals surface area contributed by atoms with Gasteiger partial charge in [0.1, 0.15) is 0 Å². The maximum atomic E-state index is 11.8. The fraction of sp³-hybridized carbons (Fsp3) is 0.538. The summed E-state index contributed by atoms with van der Waals surface area (Å²) in [7, 11) is 2.13. The second-order valence-electron chi connectivity index (χ2n) is 4.83. The second-order valence-corrected chi connectivity index (χ2v) is 5.75. The molecular formula is C13H19BrN4O. The molecule has 2 heterocycles. The minimum absolute atomic E-state index is 0.0406. The van der Waals surface area contributed by atoms with Crippen molar-refractivity contribution in [2.24, 2.45) is 0 Å². The monoisotopic (exact) mass is 326 g/mol. The summed E-state index contributed by atoms with van der Waals surface area (Å²) in [6.07, 6.45) is 3.87. The van der Waals surface area contributed by atoms with E-state index in [1.807, 2.05) is 6.07 Å². The van der Waals surface area contributed by atoms with E-state index in [-0.39, 0.29) is 5.91 Å². The van der Waals surface area contributed by atoms with Crippen molar-refractivity contribution in [3.05, 3.63) is 22.9 Å². The number of rotatable bonds is 4. The SMILES string of the molecule is CN1CCN(CCC(=O)Nc2cncc(Br)c2)CC1. The van der Waals surface area contributed by atoms with Crippen LogP contribution in [0, 0.1) is 0 Å². The Morgan fingerprint density at radius 3 is 2.79 bits per heavy atom. The van der Waals surface area contributed by atoms with Crippen LogP contribution in [-0.2, 0) is 4.79 Å². The second kappa shape index (κ2) is 6.98. The average Bonchev–Trinajstić information content (AvgIpc) is 2.38. The van der Waals surface area contributed by atoms with E-state index in [1.54, 1.807) is 12.4 Å². The van der Waals surface area contributed by atoms with Crippen molar-refractivity contribution < 1.29 is 4.79 Å². The highest BCUT2D eigenvalue weighted by atomic mass is 79.9. The zero-order valence-corrected chi connectivity index (χ0v) is 12.7. The molecule has 5 nitrogen and oxygen atoms in total. The molecule has 0 radical (unpaired) electrons. The van der Waals surface area contributed by atoms with Crippen LogP contribution in [0.3, 0.4) is 0 Å². The van der Waals surface area contributed by atoms with E-state index in [0.29, 0.717) is 6.42 Å². The van der Waals surface area contributed by atoms with Gasteiger partial charge >= 0.3 is 0 Å². The third-order valence-electron chi connectivity index (χ3n) is 3.24. The van der Waals surface area contributed by atoms with E-state index in [2.05, 4.69) is 43.1 Å². The number of nitrogens with one attached hydrogen (secondary N) is 1. The van der Waals surface area contributed by atoms with E-state index in [4.69, 9.17) is 0 Å². The van der Waals surface area contributed by atoms with Gasteiger partial charge in [-0.2, -0.15) is 0 Å². The van der Waals surface area contributed by atoms with E-state index in [0.717, 1.165) is 42.9 Å². The number of carbonyl (C=O) groups excluding carboxylic acids is 1. The highest BCUT2D eigenvalue weighted by Crippen LogP contribution is 2.13. The first-order valence-electron chi connectivity index (χ1n) is 6.45. The molecule has 0 unspecified atom stereocenters. The average molecular weight is 327 g/mol. The zero-order chi connectivity index (χ0) is 13.7. The van der Waals surface area contributed by atoms with Crippen LogP contribution >= 0.6 is 15.9 Å². The minimum atomic E-state index is 0.0406. The summed E-state index contributed by atoms with van der Waals surface area (Å²) in [5, 5.41) is 2.86. The van der Waals surface area contributed by atoms with Gasteiger partial charge in [-0.1, -0.05) is 0 Å². The van der Waals surface area contributed by atoms with Gasteiger partial charge in [-0.15, -0.1) is 0 Å². The van der Waals surface area contributed by atoms with Gasteiger partial charge < -0.3 is 15.1 Å². The van der Waals surface area contributed by atoms with Crippen molar-refractivity contribution in [1.82, 2.24) is 14.8 Å². The molecular weight excluding hydrogens is 308 g/mol. The molecule has 1 aliphatic heterocycles. The number of carbonyl (C=O) groups is 1. The van der Waals surface area contributed by atoms with Crippen molar-refractivity contribution in [1.29, 1.82) is 0 Å². The maximum absolute atomic E-state index is 11.8. The zero-order valence-electron chi connectivity index (χ0n) is 11.1. The maximum Gasteiger partial charge on any atom is 0.225 e. The molecule has 1 N–H and O–H groups in total. The molecule has 0 spiro atoms. The fourth-order valence-electron chi connectivity index (χ4n) is 2.03. The molecule has 1 amide bonds. The topological polar surface area (TPSA) is 48.5 Å². The van der Waals surface area contributed by atoms with Crippen LogP contribution < -0.4 is 5.32 Å². The lowest BCUT2D eigenvalue weighted by Crippen LogP contribution is -2.45. The number of nitrogens with zero attached hydrogens (tertiary/aromatic N) is 3. The molecule has 1 aromatic heterocycles. The fourth-order valence-corrected chi connectivity index (χ4v) is 2.40. The molecule has 1 fully saturated rings. The van der Waals surface area contributed by atoms with Gasteiger partial charge in [-0.05, 0) is 29.0 Å². The van der Waals surface area contributed by atoms with Crippen LogP contribution in [0.4, 0.5) is 5.69 Å². The Morgan fingerprint density at radius 2 is 2.11 bits per heavy atom. The standard InChI is InChI=1S/C13H19BrN4O/c1-17-4-6-18(7-5-17)3-2-13(19)16-12-8-11(14)9-15-10-12/h8-10H,2-7H2,1H3,(H,16,19). The number of anilines is 1. The molecule has 1 aliphatic rings. The largest absolute Gasteiger partial charge is 0.325 e. The van der Waals surface area contributed by atoms with Crippen molar-refractivity contribution in [2.45, 2.75) is 6.42 Å². The molecule has 0 saturated carbocycles. The third-order valence-corrected chi connectivity index (χ3v) is 3.67. The number of hydrogen-bond donors (Lipinski definition) is 1. The Balaban J connectivity index is 1.73. The van der Waals surface area contributed by atoms with Crippen LogP contribution in [0.1, 0.15) is 6.42 Å². The first-order chi connectivity index (χ1) is 9.13. The molecule has 104 valence electrons. The third kappa shape index (κ3) is 4.89. The van der Waals surface area contributed by atoms with Crippen LogP contribution in [0.5, 0.6) is 0 Å². The summed E-state index contributed by atoms with van der Waals surface area (Å²) >= 11 is 3.33. The van der Waals surface area contributed by atoms with Crippen LogP contribution in [0.15, 0.2) is 22.9 Å². The van der Waals surface area contributed by atoms with E-state index in [9.17, 15) is 4.79 Å². The molecule has 1 saturated heterocycles. The normalized spacial score (nSPS) is 17.4. The smallest absolute Gasteiger partial charge is 0.225 e. The summed E-state index contributed by atoms with van der Waals surface area (Å²) in [6, 6.07) is 1.85. The summed E-state index contributed by atoms with van der Waals surface area (Å²) in [6.45, 7) is 5.07. The van der Waals surface area contributed by atoms with E-state index >= 15 is 0 Å². The Kier molecular flexibility index (Phi) is 5.30. The van der Waals surface area contributed by atoms with Gasteiger partial charge in [-0.3, -0.25) is 9.78 Å². The highest BCUT2D eigenvalue weighted by molar-refractivity contribution is 9.10. The molecule has 0 aliphatic carbocycles. The van der Waals surface area contributed by atoms with Crippen LogP contribution in [0.25, 0.3) is 0 Å². The molecule has 2 rings (SSSR count). The number of aromatic nitrogens is 1. The number of likely N-dealkylation sites (N-methyl/N-ethyl adjacent to an activating group) is 1. The minimum Gasteiger partial charge on any atom is -0.325 e. The van der Waals surface area contributed by atoms with Gasteiger partial charge in [0.15, 0.2) is 0 Å². The Hall–Kier alpha value is -0.980. The molecule has 0 atom stereocenters. The van der Waals surface area contributed by atoms with Gasteiger partial charge in [0, 0.05) is 49.8 Å². The number of piperazine rings is 1. The molecule has 1 aromatic rings. The highest BCUT2D eigenvalue weighted by Gasteiger charge is 2.14. The quantitative estimate of drug-likeness (QED) is 0.909. The summed E-state index contributed by atoms with van der Waals surface area (Å²) < 4.78 is 0.865. The van der Waals surface area contributed by atoms with Gasteiger partial charge in [0.05, 0.1) is 11.9 Å². The predicted octanol–water partition coefficient (Wildman–Crippen LogP) is 1.42. The van der Waals surface area contributed by atoms with Gasteiger partial charge in [-0.25, -0.2) is 0 Å². The van der Waals surface area contributed by atoms with Crippen molar-refractivity contribution in [3.63, 3.8) is 0 Å². The lowest BCUT2D eigenvalue weighted by molar-refractivity contribution is -0.116. The molecule has 6 heteroatoms. The van der Waals surface area contributed by atoms with Crippen molar-refractivity contribution in [3.8, 4) is 0 Å². The Labute approximate surface area is 122 Å². The predicted molar refractivity (Wildman–Crippen MR) is 79.1 cm³/mol. The molecule has 0 aromatic carbocycles. The van der Waals surface area contributed by atoms with Gasteiger partial charge in [0.2, 0.25) is 5.91 Å². The number of hydrogen-bond acceptors (Lipinski definition) is 4. The molecule has 19 heavy (non-hydrogen) atoms. The lowest BCUT2D eigenvalue weighted by Gasteiger charge is -2.32. The first-order valence-corrected chi connectivity index (χ1v) is 7.24. The van der Waals surface area contributed by atoms with E-state index < -0.39 is 0 Å². The van der Waals surface area contributed by atoms with Crippen LogP contribution in [0.2, 0.25) is 0 Å². The van der Waals surface area contributed by atoms with E-state index in [1.165, 1.54) is 0 Å². The van der Waals surface area contributed by atoms with Gasteiger partial charge in [0.25, 0.3) is 0 Å². The summed E-state index contributed by atoms with van der Waals surface area (Å²) in [4.78, 5) is 20.5. The summed E-state index contributed by atoms with van der Waals surface area (Å²) in [5.74, 6) is 0.0406. The van der Waals surface area contributed by atoms with Crippen LogP contribution in [-0.4, -0.2) is 60.5 Å². The molecule has 0 bridgehead atoms. The Morgan fingerprint density at radius 1 is 1.37 bits per heavy atom. The first kappa shape index (κ1) is 14.4. The lowest BCUT2D eigenvalue weighted by atomic mass is 10.3. The van der Waals surface area contributed by atoms with Crippen molar-refractivity contribution in [2.75, 3.05) is 45.1 Å².